The molecule has 75 heavy (non-hydrogen) atoms. The van der Waals surface area contributed by atoms with Crippen LogP contribution in [0.1, 0.15) is 110 Å². The van der Waals surface area contributed by atoms with Crippen LogP contribution in [0, 0.1) is 0 Å². The molecule has 4 aliphatic rings. The van der Waals surface area contributed by atoms with Gasteiger partial charge in [0.05, 0.1) is 70.5 Å². The predicted molar refractivity (Wildman–Crippen MR) is 289 cm³/mol. The van der Waals surface area contributed by atoms with Crippen LogP contribution in [0.4, 0.5) is 16.3 Å². The molecule has 21 heteroatoms. The van der Waals surface area contributed by atoms with E-state index in [1.54, 1.807) is 11.8 Å². The van der Waals surface area contributed by atoms with Gasteiger partial charge in [-0.25, -0.2) is 9.78 Å². The SMILES string of the molecule is C=CC(=O)N1CCC(c2ccc(C(C)=O)c(Nc3ccc(C(=O)N4CCN(C)CC4)cc3)n2)CC1.CC(=O)CCCCNC(=O)CCOCCOCCOCCOCCNC(=O)CCCCC1SCC2NC(=O)NC21. The fourth-order valence-electron chi connectivity index (χ4n) is 9.00. The highest BCUT2D eigenvalue weighted by Crippen LogP contribution is 2.33. The molecular weight excluding hydrogens is 983 g/mol. The molecule has 4 fully saturated rings. The number of piperidine rings is 1. The molecular formula is C54H81N9O11S. The van der Waals surface area contributed by atoms with Crippen molar-refractivity contribution in [3.05, 3.63) is 65.9 Å². The number of ether oxygens (including phenoxy) is 4. The lowest BCUT2D eigenvalue weighted by Gasteiger charge is -2.32. The minimum absolute atomic E-state index is 0.0366. The maximum atomic E-state index is 12.8. The summed E-state index contributed by atoms with van der Waals surface area (Å²) in [6, 6.07) is 11.5. The fraction of sp³-hybridized carbons (Fsp3) is 0.630. The molecule has 3 atom stereocenters. The highest BCUT2D eigenvalue weighted by molar-refractivity contribution is 8.00. The number of carbonyl (C=O) groups excluding carboxylic acids is 7. The zero-order valence-corrected chi connectivity index (χ0v) is 45.2. The Labute approximate surface area is 446 Å². The molecule has 0 spiro atoms. The van der Waals surface area contributed by atoms with Crippen molar-refractivity contribution in [2.75, 3.05) is 123 Å². The van der Waals surface area contributed by atoms with Gasteiger partial charge in [-0.15, -0.1) is 0 Å². The molecule has 5 N–H and O–H groups in total. The van der Waals surface area contributed by atoms with Crippen molar-refractivity contribution in [1.29, 1.82) is 0 Å². The van der Waals surface area contributed by atoms with E-state index in [0.717, 1.165) is 88.3 Å². The summed E-state index contributed by atoms with van der Waals surface area (Å²) in [7, 11) is 2.06. The number of nitrogens with zero attached hydrogens (tertiary/aromatic N) is 4. The summed E-state index contributed by atoms with van der Waals surface area (Å²) in [4.78, 5) is 93.6. The summed E-state index contributed by atoms with van der Waals surface area (Å²) in [6.07, 6.45) is 8.77. The number of thioether (sulfide) groups is 1. The van der Waals surface area contributed by atoms with Crippen LogP contribution >= 0.6 is 11.8 Å². The Balaban J connectivity index is 0.000000279. The van der Waals surface area contributed by atoms with Gasteiger partial charge in [-0.05, 0) is 102 Å². The third-order valence-corrected chi connectivity index (χ3v) is 14.9. The van der Waals surface area contributed by atoms with Gasteiger partial charge in [0.1, 0.15) is 11.6 Å². The number of likely N-dealkylation sites (N-methyl/N-ethyl adjacent to an activating group) is 1. The standard InChI is InChI=1S/C27H33N5O3.C27H48N4O8S/c1-4-25(34)31-13-11-20(12-14-31)24-10-9-23(19(2)33)26(29-24)28-22-7-5-21(6-8-22)27(35)32-17-15-30(3)16-18-32;1-21(32)6-4-5-10-28-25(34)9-12-36-14-16-38-18-19-39-17-15-37-13-11-29-24(33)8-3-2-7-23-26-22(20-40-23)30-27(35)31-26/h4-10,20H,1,11-18H2,2-3H3,(H,28,29);22-23,26H,2-20H2,1H3,(H,28,34)(H,29,33)(H2,30,31,35). The van der Waals surface area contributed by atoms with Crippen molar-refractivity contribution < 1.29 is 52.5 Å². The molecule has 0 bridgehead atoms. The Morgan fingerprint density at radius 1 is 0.720 bits per heavy atom. The average Bonchev–Trinajstić information content (AvgIpc) is 3.97. The molecule has 6 rings (SSSR count). The Hall–Kier alpha value is -5.45. The second kappa shape index (κ2) is 33.6. The van der Waals surface area contributed by atoms with E-state index in [1.165, 1.54) is 13.0 Å². The molecule has 0 aliphatic carbocycles. The number of piperazine rings is 1. The molecule has 1 aromatic carbocycles. The van der Waals surface area contributed by atoms with E-state index in [0.29, 0.717) is 120 Å². The van der Waals surface area contributed by atoms with Crippen molar-refractivity contribution in [1.82, 2.24) is 41.0 Å². The minimum atomic E-state index is -0.0696. The monoisotopic (exact) mass is 1060 g/mol. The molecule has 0 saturated carbocycles. The Kier molecular flexibility index (Phi) is 27.0. The number of pyridine rings is 1. The van der Waals surface area contributed by atoms with E-state index < -0.39 is 0 Å². The van der Waals surface area contributed by atoms with Crippen LogP contribution in [0.3, 0.4) is 0 Å². The number of Topliss-reactive ketones (excluding diaryl/α,β-unsaturated/α-hetero) is 2. The molecule has 4 saturated heterocycles. The van der Waals surface area contributed by atoms with Gasteiger partial charge < -0.3 is 65.0 Å². The van der Waals surface area contributed by atoms with E-state index in [4.69, 9.17) is 23.9 Å². The summed E-state index contributed by atoms with van der Waals surface area (Å²) in [5.74, 6) is 1.77. The van der Waals surface area contributed by atoms with Crippen molar-refractivity contribution in [2.24, 2.45) is 0 Å². The number of carbonyl (C=O) groups is 7. The first-order chi connectivity index (χ1) is 36.3. The Bertz CT molecular complexity index is 2150. The summed E-state index contributed by atoms with van der Waals surface area (Å²) in [5.41, 5.74) is 2.84. The van der Waals surface area contributed by atoms with Gasteiger partial charge in [-0.2, -0.15) is 11.8 Å². The van der Waals surface area contributed by atoms with Gasteiger partial charge in [0, 0.05) is 105 Å². The van der Waals surface area contributed by atoms with E-state index in [9.17, 15) is 33.6 Å². The van der Waals surface area contributed by atoms with Gasteiger partial charge >= 0.3 is 6.03 Å². The number of fused-ring (bicyclic) bond motifs is 1. The van der Waals surface area contributed by atoms with Crippen molar-refractivity contribution in [3.8, 4) is 0 Å². The number of benzene rings is 1. The highest BCUT2D eigenvalue weighted by Gasteiger charge is 2.42. The van der Waals surface area contributed by atoms with Crippen molar-refractivity contribution in [3.63, 3.8) is 0 Å². The number of hydrogen-bond donors (Lipinski definition) is 5. The fourth-order valence-corrected chi connectivity index (χ4v) is 10.5. The molecule has 0 radical (unpaired) electrons. The maximum absolute atomic E-state index is 12.8. The van der Waals surface area contributed by atoms with E-state index in [2.05, 4.69) is 45.1 Å². The quantitative estimate of drug-likeness (QED) is 0.0303. The lowest BCUT2D eigenvalue weighted by Crippen LogP contribution is -2.47. The van der Waals surface area contributed by atoms with E-state index in [1.807, 2.05) is 53.1 Å². The van der Waals surface area contributed by atoms with Gasteiger partial charge in [-0.1, -0.05) is 13.0 Å². The van der Waals surface area contributed by atoms with Crippen LogP contribution in [-0.4, -0.2) is 196 Å². The van der Waals surface area contributed by atoms with Crippen molar-refractivity contribution in [2.45, 2.75) is 101 Å². The Morgan fingerprint density at radius 2 is 1.35 bits per heavy atom. The van der Waals surface area contributed by atoms with Crippen molar-refractivity contribution >= 4 is 64.5 Å². The minimum Gasteiger partial charge on any atom is -0.379 e. The Morgan fingerprint density at radius 3 is 2.00 bits per heavy atom. The first kappa shape index (κ1) is 60.4. The first-order valence-electron chi connectivity index (χ1n) is 26.6. The van der Waals surface area contributed by atoms with Gasteiger partial charge in [0.25, 0.3) is 5.91 Å². The molecule has 4 aliphatic heterocycles. The van der Waals surface area contributed by atoms with Crippen LogP contribution in [-0.2, 0) is 38.1 Å². The molecule has 414 valence electrons. The predicted octanol–water partition coefficient (Wildman–Crippen LogP) is 4.47. The maximum Gasteiger partial charge on any atom is 0.315 e. The van der Waals surface area contributed by atoms with Gasteiger partial charge in [-0.3, -0.25) is 24.0 Å². The lowest BCUT2D eigenvalue weighted by atomic mass is 9.92. The number of unbranched alkanes of at least 4 members (excludes halogenated alkanes) is 2. The smallest absolute Gasteiger partial charge is 0.315 e. The van der Waals surface area contributed by atoms with Crippen LogP contribution in [0.15, 0.2) is 49.1 Å². The second-order valence-corrected chi connectivity index (χ2v) is 20.5. The van der Waals surface area contributed by atoms with Gasteiger partial charge in [0.2, 0.25) is 17.7 Å². The number of amides is 6. The van der Waals surface area contributed by atoms with Crippen LogP contribution in [0.25, 0.3) is 0 Å². The zero-order chi connectivity index (χ0) is 53.8. The topological polar surface area (TPSA) is 239 Å². The molecule has 20 nitrogen and oxygen atoms in total. The lowest BCUT2D eigenvalue weighted by molar-refractivity contribution is -0.127. The summed E-state index contributed by atoms with van der Waals surface area (Å²) in [6.45, 7) is 15.7. The first-order valence-corrected chi connectivity index (χ1v) is 27.7. The average molecular weight is 1060 g/mol. The second-order valence-electron chi connectivity index (χ2n) is 19.2. The number of likely N-dealkylation sites (tertiary alicyclic amines) is 1. The number of hydrogen-bond acceptors (Lipinski definition) is 15. The number of anilines is 2. The largest absolute Gasteiger partial charge is 0.379 e. The van der Waals surface area contributed by atoms with E-state index in [-0.39, 0.29) is 59.2 Å². The van der Waals surface area contributed by atoms with Crippen LogP contribution in [0.5, 0.6) is 0 Å². The normalized spacial score (nSPS) is 18.5. The van der Waals surface area contributed by atoms with Crippen LogP contribution < -0.4 is 26.6 Å². The third-order valence-electron chi connectivity index (χ3n) is 13.4. The number of ketones is 2. The van der Waals surface area contributed by atoms with Gasteiger partial charge in [0.15, 0.2) is 5.78 Å². The third kappa shape index (κ3) is 22.0. The molecule has 2 aromatic rings. The number of nitrogens with one attached hydrogen (secondary N) is 5. The zero-order valence-electron chi connectivity index (χ0n) is 44.3. The molecule has 5 heterocycles. The summed E-state index contributed by atoms with van der Waals surface area (Å²) in [5, 5.41) is 15.3. The molecule has 3 unspecified atom stereocenters. The summed E-state index contributed by atoms with van der Waals surface area (Å²) < 4.78 is 21.7. The number of rotatable bonds is 31. The number of urea groups is 1. The number of aromatic nitrogens is 1. The summed E-state index contributed by atoms with van der Waals surface area (Å²) >= 11 is 1.90. The molecule has 6 amide bonds. The van der Waals surface area contributed by atoms with Crippen LogP contribution in [0.2, 0.25) is 0 Å². The molecule has 1 aromatic heterocycles. The van der Waals surface area contributed by atoms with E-state index >= 15 is 0 Å². The highest BCUT2D eigenvalue weighted by atomic mass is 32.2.